The molecule has 0 aliphatic carbocycles. The molecular weight excluding hydrogens is 194 g/mol. The number of nitrogens with one attached hydrogen (secondary N) is 1. The molecule has 4 heteroatoms. The number of hydrogen-bond donors (Lipinski definition) is 2. The van der Waals surface area contributed by atoms with Crippen LogP contribution >= 0.6 is 0 Å². The Morgan fingerprint density at radius 3 is 2.67 bits per heavy atom. The van der Waals surface area contributed by atoms with Gasteiger partial charge in [-0.3, -0.25) is 4.79 Å². The summed E-state index contributed by atoms with van der Waals surface area (Å²) >= 11 is 0. The van der Waals surface area contributed by atoms with Crippen molar-refractivity contribution in [1.29, 1.82) is 0 Å². The Balaban J connectivity index is 1.88. The molecule has 2 saturated heterocycles. The fourth-order valence-electron chi connectivity index (χ4n) is 2.65. The minimum atomic E-state index is -0.631. The van der Waals surface area contributed by atoms with Gasteiger partial charge in [-0.15, -0.1) is 0 Å². The van der Waals surface area contributed by atoms with Crippen LogP contribution in [0.5, 0.6) is 0 Å². The molecule has 0 amide bonds. The molecule has 2 heterocycles. The molecule has 2 fully saturated rings. The minimum Gasteiger partial charge on any atom is -0.481 e. The van der Waals surface area contributed by atoms with E-state index in [-0.39, 0.29) is 5.92 Å². The average Bonchev–Trinajstić information content (AvgIpc) is 2.30. The highest BCUT2D eigenvalue weighted by atomic mass is 16.5. The zero-order valence-electron chi connectivity index (χ0n) is 8.95. The van der Waals surface area contributed by atoms with Crippen LogP contribution in [0.3, 0.4) is 0 Å². The minimum absolute atomic E-state index is 0.140. The van der Waals surface area contributed by atoms with Crippen LogP contribution in [0.15, 0.2) is 0 Å². The Labute approximate surface area is 90.0 Å². The molecular formula is C11H19NO3. The fraction of sp³-hybridized carbons (Fsp3) is 0.909. The zero-order valence-corrected chi connectivity index (χ0v) is 8.95. The van der Waals surface area contributed by atoms with Crippen LogP contribution in [0, 0.1) is 11.8 Å². The first-order chi connectivity index (χ1) is 7.27. The summed E-state index contributed by atoms with van der Waals surface area (Å²) in [6, 6.07) is 0.392. The van der Waals surface area contributed by atoms with Crippen molar-refractivity contribution < 1.29 is 14.6 Å². The molecule has 86 valence electrons. The molecule has 0 saturated carbocycles. The third kappa shape index (κ3) is 2.69. The number of hydrogen-bond acceptors (Lipinski definition) is 3. The SMILES string of the molecule is O=C(O)C1CCNC(C2CCOCC2)C1. The third-order valence-electron chi connectivity index (χ3n) is 3.62. The van der Waals surface area contributed by atoms with Crippen LogP contribution in [-0.2, 0) is 9.53 Å². The van der Waals surface area contributed by atoms with Crippen molar-refractivity contribution in [2.75, 3.05) is 19.8 Å². The van der Waals surface area contributed by atoms with Gasteiger partial charge in [0.15, 0.2) is 0 Å². The lowest BCUT2D eigenvalue weighted by atomic mass is 9.82. The van der Waals surface area contributed by atoms with E-state index in [1.807, 2.05) is 0 Å². The largest absolute Gasteiger partial charge is 0.481 e. The van der Waals surface area contributed by atoms with Crippen molar-refractivity contribution in [3.8, 4) is 0 Å². The highest BCUT2D eigenvalue weighted by Crippen LogP contribution is 2.27. The third-order valence-corrected chi connectivity index (χ3v) is 3.62. The summed E-state index contributed by atoms with van der Waals surface area (Å²) in [5, 5.41) is 12.5. The van der Waals surface area contributed by atoms with Gasteiger partial charge >= 0.3 is 5.97 Å². The number of ether oxygens (including phenoxy) is 1. The van der Waals surface area contributed by atoms with Crippen molar-refractivity contribution >= 4 is 5.97 Å². The molecule has 2 rings (SSSR count). The van der Waals surface area contributed by atoms with Gasteiger partial charge in [0.25, 0.3) is 0 Å². The topological polar surface area (TPSA) is 58.6 Å². The van der Waals surface area contributed by atoms with Gasteiger partial charge in [-0.25, -0.2) is 0 Å². The van der Waals surface area contributed by atoms with E-state index >= 15 is 0 Å². The summed E-state index contributed by atoms with van der Waals surface area (Å²) in [4.78, 5) is 10.9. The van der Waals surface area contributed by atoms with E-state index in [2.05, 4.69) is 5.32 Å². The molecule has 0 radical (unpaired) electrons. The van der Waals surface area contributed by atoms with E-state index < -0.39 is 5.97 Å². The van der Waals surface area contributed by atoms with Crippen LogP contribution in [-0.4, -0.2) is 36.9 Å². The second-order valence-electron chi connectivity index (χ2n) is 4.57. The highest BCUT2D eigenvalue weighted by molar-refractivity contribution is 5.70. The lowest BCUT2D eigenvalue weighted by Gasteiger charge is -2.36. The van der Waals surface area contributed by atoms with E-state index in [4.69, 9.17) is 9.84 Å². The van der Waals surface area contributed by atoms with Crippen LogP contribution < -0.4 is 5.32 Å². The maximum atomic E-state index is 10.9. The second-order valence-corrected chi connectivity index (χ2v) is 4.57. The lowest BCUT2D eigenvalue weighted by molar-refractivity contribution is -0.143. The first-order valence-corrected chi connectivity index (χ1v) is 5.81. The Morgan fingerprint density at radius 2 is 2.00 bits per heavy atom. The smallest absolute Gasteiger partial charge is 0.306 e. The molecule has 2 aliphatic heterocycles. The monoisotopic (exact) mass is 213 g/mol. The van der Waals surface area contributed by atoms with Gasteiger partial charge in [-0.1, -0.05) is 0 Å². The van der Waals surface area contributed by atoms with Gasteiger partial charge in [0.05, 0.1) is 5.92 Å². The van der Waals surface area contributed by atoms with Gasteiger partial charge in [0, 0.05) is 19.3 Å². The standard InChI is InChI=1S/C11H19NO3/c13-11(14)9-1-4-12-10(7-9)8-2-5-15-6-3-8/h8-10,12H,1-7H2,(H,13,14). The van der Waals surface area contributed by atoms with Crippen molar-refractivity contribution in [2.24, 2.45) is 11.8 Å². The molecule has 15 heavy (non-hydrogen) atoms. The molecule has 0 spiro atoms. The second kappa shape index (κ2) is 4.94. The quantitative estimate of drug-likeness (QED) is 0.714. The predicted octanol–water partition coefficient (Wildman–Crippen LogP) is 0.866. The summed E-state index contributed by atoms with van der Waals surface area (Å²) in [5.74, 6) is -0.159. The Hall–Kier alpha value is -0.610. The summed E-state index contributed by atoms with van der Waals surface area (Å²) in [5.41, 5.74) is 0. The number of aliphatic carboxylic acids is 1. The van der Waals surface area contributed by atoms with Gasteiger partial charge in [0.2, 0.25) is 0 Å². The van der Waals surface area contributed by atoms with Gasteiger partial charge < -0.3 is 15.2 Å². The molecule has 0 bridgehead atoms. The maximum Gasteiger partial charge on any atom is 0.306 e. The van der Waals surface area contributed by atoms with Gasteiger partial charge in [-0.05, 0) is 38.1 Å². The van der Waals surface area contributed by atoms with Crippen molar-refractivity contribution in [2.45, 2.75) is 31.7 Å². The van der Waals surface area contributed by atoms with E-state index in [9.17, 15) is 4.79 Å². The highest BCUT2D eigenvalue weighted by Gasteiger charge is 2.32. The number of piperidine rings is 1. The lowest BCUT2D eigenvalue weighted by Crippen LogP contribution is -2.46. The predicted molar refractivity (Wildman–Crippen MR) is 55.7 cm³/mol. The molecule has 2 atom stereocenters. The van der Waals surface area contributed by atoms with Gasteiger partial charge in [0.1, 0.15) is 0 Å². The van der Waals surface area contributed by atoms with Crippen molar-refractivity contribution in [1.82, 2.24) is 5.32 Å². The Morgan fingerprint density at radius 1 is 1.27 bits per heavy atom. The molecule has 2 aliphatic rings. The Kier molecular flexibility index (Phi) is 3.59. The van der Waals surface area contributed by atoms with Crippen LogP contribution in [0.2, 0.25) is 0 Å². The average molecular weight is 213 g/mol. The molecule has 4 nitrogen and oxygen atoms in total. The number of carbonyl (C=O) groups is 1. The molecule has 0 aromatic carbocycles. The summed E-state index contributed by atoms with van der Waals surface area (Å²) in [7, 11) is 0. The number of carboxylic acids is 1. The maximum absolute atomic E-state index is 10.9. The molecule has 2 N–H and O–H groups in total. The molecule has 0 aromatic heterocycles. The van der Waals surface area contributed by atoms with Crippen LogP contribution in [0.25, 0.3) is 0 Å². The number of rotatable bonds is 2. The van der Waals surface area contributed by atoms with E-state index in [1.165, 1.54) is 0 Å². The van der Waals surface area contributed by atoms with E-state index in [0.717, 1.165) is 45.4 Å². The normalized spacial score (nSPS) is 33.9. The molecule has 0 aromatic rings. The van der Waals surface area contributed by atoms with E-state index in [0.29, 0.717) is 12.0 Å². The van der Waals surface area contributed by atoms with Crippen LogP contribution in [0.4, 0.5) is 0 Å². The fourth-order valence-corrected chi connectivity index (χ4v) is 2.65. The summed E-state index contributed by atoms with van der Waals surface area (Å²) < 4.78 is 5.32. The van der Waals surface area contributed by atoms with Crippen molar-refractivity contribution in [3.05, 3.63) is 0 Å². The van der Waals surface area contributed by atoms with E-state index in [1.54, 1.807) is 0 Å². The van der Waals surface area contributed by atoms with Gasteiger partial charge in [-0.2, -0.15) is 0 Å². The van der Waals surface area contributed by atoms with Crippen LogP contribution in [0.1, 0.15) is 25.7 Å². The zero-order chi connectivity index (χ0) is 10.7. The first kappa shape index (κ1) is 10.9. The molecule has 2 unspecified atom stereocenters. The number of carboxylic acid groups (broad SMARTS) is 1. The first-order valence-electron chi connectivity index (χ1n) is 5.81. The summed E-state index contributed by atoms with van der Waals surface area (Å²) in [6.07, 6.45) is 3.71. The Bertz CT molecular complexity index is 226. The summed E-state index contributed by atoms with van der Waals surface area (Å²) in [6.45, 7) is 2.51. The van der Waals surface area contributed by atoms with Crippen molar-refractivity contribution in [3.63, 3.8) is 0 Å².